The van der Waals surface area contributed by atoms with E-state index in [1.165, 1.54) is 0 Å². The monoisotopic (exact) mass is 322 g/mol. The lowest BCUT2D eigenvalue weighted by atomic mass is 10.1. The number of halogens is 1. The molecule has 112 valence electrons. The molecule has 0 fully saturated rings. The molecule has 0 radical (unpaired) electrons. The summed E-state index contributed by atoms with van der Waals surface area (Å²) in [5.41, 5.74) is 2.57. The lowest BCUT2D eigenvalue weighted by Gasteiger charge is -2.07. The number of nitrogens with one attached hydrogen (secondary N) is 1. The fourth-order valence-corrected chi connectivity index (χ4v) is 2.90. The molecule has 0 aliphatic rings. The van der Waals surface area contributed by atoms with E-state index in [9.17, 15) is 4.79 Å². The van der Waals surface area contributed by atoms with Gasteiger partial charge in [0.05, 0.1) is 11.6 Å². The van der Waals surface area contributed by atoms with Gasteiger partial charge in [0.25, 0.3) is 5.91 Å². The predicted molar refractivity (Wildman–Crippen MR) is 88.9 cm³/mol. The molecule has 3 nitrogen and oxygen atoms in total. The Morgan fingerprint density at radius 1 is 1.33 bits per heavy atom. The number of hydrogen-bond acceptors (Lipinski definition) is 3. The summed E-state index contributed by atoms with van der Waals surface area (Å²) in [5.74, 6) is 0.990. The average Bonchev–Trinajstić information content (AvgIpc) is 2.96. The zero-order valence-electron chi connectivity index (χ0n) is 12.2. The van der Waals surface area contributed by atoms with Crippen molar-refractivity contribution in [1.82, 2.24) is 10.3 Å². The van der Waals surface area contributed by atoms with Crippen LogP contribution in [0.1, 0.15) is 36.3 Å². The Kier molecular flexibility index (Phi) is 5.76. The standard InChI is InChI=1S/C16H19ClN2OS/c1-11(2)7-8-18-15(20)12-3-5-13(6-4-12)16-19-14(9-17)10-21-16/h3-6,10-11H,7-9H2,1-2H3,(H,18,20). The number of thiazole rings is 1. The van der Waals surface area contributed by atoms with Crippen LogP contribution in [-0.2, 0) is 5.88 Å². The highest BCUT2D eigenvalue weighted by atomic mass is 35.5. The minimum atomic E-state index is -0.0252. The number of alkyl halides is 1. The molecule has 0 bridgehead atoms. The highest BCUT2D eigenvalue weighted by Crippen LogP contribution is 2.24. The van der Waals surface area contributed by atoms with Gasteiger partial charge >= 0.3 is 0 Å². The molecule has 1 aromatic heterocycles. The molecular formula is C16H19ClN2OS. The van der Waals surface area contributed by atoms with E-state index >= 15 is 0 Å². The first-order valence-electron chi connectivity index (χ1n) is 6.99. The number of hydrogen-bond donors (Lipinski definition) is 1. The van der Waals surface area contributed by atoms with Crippen LogP contribution < -0.4 is 5.32 Å². The van der Waals surface area contributed by atoms with E-state index in [0.29, 0.717) is 23.9 Å². The number of rotatable bonds is 6. The summed E-state index contributed by atoms with van der Waals surface area (Å²) in [4.78, 5) is 16.4. The highest BCUT2D eigenvalue weighted by Gasteiger charge is 2.08. The molecule has 0 unspecified atom stereocenters. The first kappa shape index (κ1) is 16.0. The van der Waals surface area contributed by atoms with Crippen molar-refractivity contribution in [2.24, 2.45) is 5.92 Å². The number of benzene rings is 1. The number of carbonyl (C=O) groups excluding carboxylic acids is 1. The van der Waals surface area contributed by atoms with Crippen molar-refractivity contribution in [2.75, 3.05) is 6.54 Å². The van der Waals surface area contributed by atoms with Gasteiger partial charge in [-0.2, -0.15) is 0 Å². The van der Waals surface area contributed by atoms with Gasteiger partial charge in [-0.05, 0) is 24.5 Å². The molecule has 0 atom stereocenters. The largest absolute Gasteiger partial charge is 0.352 e. The van der Waals surface area contributed by atoms with Crippen LogP contribution >= 0.6 is 22.9 Å². The fraction of sp³-hybridized carbons (Fsp3) is 0.375. The maximum absolute atomic E-state index is 12.0. The number of nitrogens with zero attached hydrogens (tertiary/aromatic N) is 1. The van der Waals surface area contributed by atoms with Gasteiger partial charge in [0, 0.05) is 23.1 Å². The summed E-state index contributed by atoms with van der Waals surface area (Å²) in [7, 11) is 0. The predicted octanol–water partition coefficient (Wildman–Crippen LogP) is 4.32. The smallest absolute Gasteiger partial charge is 0.251 e. The molecule has 1 aromatic carbocycles. The van der Waals surface area contributed by atoms with Gasteiger partial charge < -0.3 is 5.32 Å². The van der Waals surface area contributed by atoms with Gasteiger partial charge in [0.2, 0.25) is 0 Å². The fourth-order valence-electron chi connectivity index (χ4n) is 1.84. The van der Waals surface area contributed by atoms with Crippen LogP contribution in [0.4, 0.5) is 0 Å². The number of aromatic nitrogens is 1. The maximum Gasteiger partial charge on any atom is 0.251 e. The molecule has 1 N–H and O–H groups in total. The van der Waals surface area contributed by atoms with Crippen LogP contribution in [-0.4, -0.2) is 17.4 Å². The Balaban J connectivity index is 1.99. The summed E-state index contributed by atoms with van der Waals surface area (Å²) >= 11 is 7.32. The zero-order valence-corrected chi connectivity index (χ0v) is 13.8. The zero-order chi connectivity index (χ0) is 15.2. The van der Waals surface area contributed by atoms with Crippen LogP contribution in [0.5, 0.6) is 0 Å². The second-order valence-electron chi connectivity index (χ2n) is 5.29. The van der Waals surface area contributed by atoms with Crippen LogP contribution in [0.15, 0.2) is 29.6 Å². The second-order valence-corrected chi connectivity index (χ2v) is 6.42. The Labute approximate surface area is 134 Å². The van der Waals surface area contributed by atoms with E-state index in [-0.39, 0.29) is 5.91 Å². The van der Waals surface area contributed by atoms with E-state index in [1.807, 2.05) is 29.6 Å². The van der Waals surface area contributed by atoms with Crippen molar-refractivity contribution in [1.29, 1.82) is 0 Å². The Morgan fingerprint density at radius 3 is 2.62 bits per heavy atom. The Hall–Kier alpha value is -1.39. The van der Waals surface area contributed by atoms with Crippen LogP contribution in [0.25, 0.3) is 10.6 Å². The summed E-state index contributed by atoms with van der Waals surface area (Å²) in [5, 5.41) is 5.81. The van der Waals surface area contributed by atoms with Crippen molar-refractivity contribution in [2.45, 2.75) is 26.1 Å². The van der Waals surface area contributed by atoms with E-state index in [0.717, 1.165) is 22.7 Å². The minimum Gasteiger partial charge on any atom is -0.352 e. The second kappa shape index (κ2) is 7.57. The quantitative estimate of drug-likeness (QED) is 0.804. The van der Waals surface area contributed by atoms with Gasteiger partial charge in [0.15, 0.2) is 0 Å². The molecule has 2 rings (SSSR count). The van der Waals surface area contributed by atoms with Gasteiger partial charge in [0.1, 0.15) is 5.01 Å². The Bertz CT molecular complexity index is 593. The number of carbonyl (C=O) groups is 1. The summed E-state index contributed by atoms with van der Waals surface area (Å²) in [6.45, 7) is 5.00. The molecule has 0 spiro atoms. The normalized spacial score (nSPS) is 10.9. The molecule has 5 heteroatoms. The molecule has 1 heterocycles. The lowest BCUT2D eigenvalue weighted by Crippen LogP contribution is -2.25. The van der Waals surface area contributed by atoms with Crippen LogP contribution in [0, 0.1) is 5.92 Å². The molecule has 0 aliphatic carbocycles. The van der Waals surface area contributed by atoms with Crippen molar-refractivity contribution in [3.05, 3.63) is 40.9 Å². The van der Waals surface area contributed by atoms with Crippen molar-refractivity contribution >= 4 is 28.8 Å². The van der Waals surface area contributed by atoms with Crippen LogP contribution in [0.3, 0.4) is 0 Å². The van der Waals surface area contributed by atoms with E-state index in [1.54, 1.807) is 11.3 Å². The average molecular weight is 323 g/mol. The third-order valence-corrected chi connectivity index (χ3v) is 4.30. The topological polar surface area (TPSA) is 42.0 Å². The molecule has 0 aliphatic heterocycles. The summed E-state index contributed by atoms with van der Waals surface area (Å²) in [6.07, 6.45) is 0.990. The highest BCUT2D eigenvalue weighted by molar-refractivity contribution is 7.13. The molecule has 0 saturated heterocycles. The van der Waals surface area contributed by atoms with Crippen molar-refractivity contribution < 1.29 is 4.79 Å². The van der Waals surface area contributed by atoms with E-state index in [4.69, 9.17) is 11.6 Å². The van der Waals surface area contributed by atoms with Gasteiger partial charge in [-0.1, -0.05) is 26.0 Å². The third kappa shape index (κ3) is 4.55. The Morgan fingerprint density at radius 2 is 2.05 bits per heavy atom. The summed E-state index contributed by atoms with van der Waals surface area (Å²) < 4.78 is 0. The van der Waals surface area contributed by atoms with Crippen molar-refractivity contribution in [3.63, 3.8) is 0 Å². The molecule has 21 heavy (non-hydrogen) atoms. The van der Waals surface area contributed by atoms with Crippen LogP contribution in [0.2, 0.25) is 0 Å². The molecule has 1 amide bonds. The molecule has 0 saturated carbocycles. The summed E-state index contributed by atoms with van der Waals surface area (Å²) in [6, 6.07) is 7.52. The number of amides is 1. The SMILES string of the molecule is CC(C)CCNC(=O)c1ccc(-c2nc(CCl)cs2)cc1. The first-order valence-corrected chi connectivity index (χ1v) is 8.40. The lowest BCUT2D eigenvalue weighted by molar-refractivity contribution is 0.0952. The van der Waals surface area contributed by atoms with E-state index < -0.39 is 0 Å². The van der Waals surface area contributed by atoms with Gasteiger partial charge in [-0.3, -0.25) is 4.79 Å². The van der Waals surface area contributed by atoms with Gasteiger partial charge in [-0.25, -0.2) is 4.98 Å². The minimum absolute atomic E-state index is 0.0252. The van der Waals surface area contributed by atoms with Crippen molar-refractivity contribution in [3.8, 4) is 10.6 Å². The molecular weight excluding hydrogens is 304 g/mol. The third-order valence-electron chi connectivity index (χ3n) is 3.09. The first-order chi connectivity index (χ1) is 10.1. The van der Waals surface area contributed by atoms with E-state index in [2.05, 4.69) is 24.1 Å². The molecule has 2 aromatic rings. The maximum atomic E-state index is 12.0. The van der Waals surface area contributed by atoms with Gasteiger partial charge in [-0.15, -0.1) is 22.9 Å².